The maximum Gasteiger partial charge on any atom is 0.0881 e. The van der Waals surface area contributed by atoms with Crippen molar-refractivity contribution >= 4 is 21.8 Å². The van der Waals surface area contributed by atoms with Crippen molar-refractivity contribution in [3.63, 3.8) is 0 Å². The third-order valence-corrected chi connectivity index (χ3v) is 3.58. The van der Waals surface area contributed by atoms with Gasteiger partial charge in [0.1, 0.15) is 0 Å². The molecule has 0 saturated heterocycles. The first-order chi connectivity index (χ1) is 9.79. The highest BCUT2D eigenvalue weighted by Gasteiger charge is 2.04. The second-order valence-electron chi connectivity index (χ2n) is 5.08. The minimum atomic E-state index is 0.764. The minimum Gasteiger partial charge on any atom is -0.356 e. The Morgan fingerprint density at radius 1 is 1.10 bits per heavy atom. The Kier molecular flexibility index (Phi) is 2.36. The summed E-state index contributed by atoms with van der Waals surface area (Å²) in [6.07, 6.45) is 10.0. The van der Waals surface area contributed by atoms with E-state index in [4.69, 9.17) is 0 Å². The van der Waals surface area contributed by atoms with Gasteiger partial charge in [-0.1, -0.05) is 0 Å². The van der Waals surface area contributed by atoms with Gasteiger partial charge in [-0.3, -0.25) is 9.97 Å². The predicted octanol–water partition coefficient (Wildman–Crippen LogP) is 2.97. The molecule has 0 saturated carbocycles. The van der Waals surface area contributed by atoms with Gasteiger partial charge in [0.15, 0.2) is 0 Å². The summed E-state index contributed by atoms with van der Waals surface area (Å²) in [6.45, 7) is 0.764. The third kappa shape index (κ3) is 1.77. The van der Waals surface area contributed by atoms with Crippen LogP contribution in [0.3, 0.4) is 0 Å². The zero-order chi connectivity index (χ0) is 13.5. The molecule has 4 rings (SSSR count). The molecule has 4 aromatic heterocycles. The molecule has 0 unspecified atom stereocenters. The standard InChI is InChI=1S/C16H14N4/c1-19-9-12-7-14(18-8-13(12)10-19)11-20-6-4-15-16(20)3-2-5-17-15/h2-10H,11H2,1H3. The first kappa shape index (κ1) is 11.2. The number of aryl methyl sites for hydroxylation is 1. The van der Waals surface area contributed by atoms with E-state index in [1.165, 1.54) is 10.8 Å². The third-order valence-electron chi connectivity index (χ3n) is 3.58. The van der Waals surface area contributed by atoms with Crippen molar-refractivity contribution < 1.29 is 0 Å². The Hall–Kier alpha value is -2.62. The van der Waals surface area contributed by atoms with E-state index in [1.54, 1.807) is 0 Å². The molecule has 0 fully saturated rings. The number of fused-ring (bicyclic) bond motifs is 2. The summed E-state index contributed by atoms with van der Waals surface area (Å²) >= 11 is 0. The van der Waals surface area contributed by atoms with Crippen LogP contribution in [0.5, 0.6) is 0 Å². The van der Waals surface area contributed by atoms with Crippen molar-refractivity contribution in [1.29, 1.82) is 0 Å². The number of nitrogens with zero attached hydrogens (tertiary/aromatic N) is 4. The normalized spacial score (nSPS) is 11.4. The van der Waals surface area contributed by atoms with E-state index in [-0.39, 0.29) is 0 Å². The smallest absolute Gasteiger partial charge is 0.0881 e. The van der Waals surface area contributed by atoms with Gasteiger partial charge in [0.2, 0.25) is 0 Å². The van der Waals surface area contributed by atoms with Gasteiger partial charge >= 0.3 is 0 Å². The lowest BCUT2D eigenvalue weighted by Crippen LogP contribution is -1.99. The van der Waals surface area contributed by atoms with Gasteiger partial charge in [0, 0.05) is 48.8 Å². The van der Waals surface area contributed by atoms with Crippen LogP contribution in [0.4, 0.5) is 0 Å². The molecule has 0 atom stereocenters. The van der Waals surface area contributed by atoms with Gasteiger partial charge in [-0.2, -0.15) is 0 Å². The Balaban J connectivity index is 1.76. The summed E-state index contributed by atoms with van der Waals surface area (Å²) in [5, 5.41) is 2.40. The summed E-state index contributed by atoms with van der Waals surface area (Å²) in [4.78, 5) is 8.90. The molecule has 4 heteroatoms. The van der Waals surface area contributed by atoms with Crippen molar-refractivity contribution in [3.05, 3.63) is 60.9 Å². The molecule has 0 radical (unpaired) electrons. The fraction of sp³-hybridized carbons (Fsp3) is 0.125. The van der Waals surface area contributed by atoms with Gasteiger partial charge in [0.05, 0.1) is 23.3 Å². The molecule has 0 aliphatic carbocycles. The van der Waals surface area contributed by atoms with Gasteiger partial charge in [-0.05, 0) is 24.3 Å². The summed E-state index contributed by atoms with van der Waals surface area (Å²) in [5.74, 6) is 0. The second kappa shape index (κ2) is 4.20. The predicted molar refractivity (Wildman–Crippen MR) is 79.5 cm³/mol. The van der Waals surface area contributed by atoms with Crippen LogP contribution in [0.1, 0.15) is 5.69 Å². The summed E-state index contributed by atoms with van der Waals surface area (Å²) in [5.41, 5.74) is 3.22. The second-order valence-corrected chi connectivity index (χ2v) is 5.08. The monoisotopic (exact) mass is 262 g/mol. The largest absolute Gasteiger partial charge is 0.356 e. The molecule has 4 heterocycles. The van der Waals surface area contributed by atoms with Crippen molar-refractivity contribution in [2.24, 2.45) is 7.05 Å². The summed E-state index contributed by atoms with van der Waals surface area (Å²) < 4.78 is 4.24. The van der Waals surface area contributed by atoms with Crippen LogP contribution in [0.15, 0.2) is 55.2 Å². The molecule has 0 aliphatic heterocycles. The fourth-order valence-electron chi connectivity index (χ4n) is 2.64. The SMILES string of the molecule is Cn1cc2cnc(Cn3ccc4ncccc43)cc2c1. The number of hydrogen-bond acceptors (Lipinski definition) is 2. The van der Waals surface area contributed by atoms with Crippen LogP contribution in [-0.2, 0) is 13.6 Å². The molecular weight excluding hydrogens is 248 g/mol. The zero-order valence-corrected chi connectivity index (χ0v) is 11.2. The van der Waals surface area contributed by atoms with Crippen molar-refractivity contribution in [2.45, 2.75) is 6.54 Å². The highest BCUT2D eigenvalue weighted by Crippen LogP contribution is 2.17. The number of pyridine rings is 2. The maximum absolute atomic E-state index is 4.55. The minimum absolute atomic E-state index is 0.764. The van der Waals surface area contributed by atoms with Crippen LogP contribution in [0.25, 0.3) is 21.8 Å². The lowest BCUT2D eigenvalue weighted by atomic mass is 10.2. The quantitative estimate of drug-likeness (QED) is 0.556. The van der Waals surface area contributed by atoms with Crippen molar-refractivity contribution in [3.8, 4) is 0 Å². The van der Waals surface area contributed by atoms with Gasteiger partial charge in [0.25, 0.3) is 0 Å². The molecular formula is C16H14N4. The van der Waals surface area contributed by atoms with E-state index in [2.05, 4.69) is 49.8 Å². The first-order valence-electron chi connectivity index (χ1n) is 6.60. The Bertz CT molecular complexity index is 901. The first-order valence-corrected chi connectivity index (χ1v) is 6.60. The van der Waals surface area contributed by atoms with Crippen LogP contribution in [0.2, 0.25) is 0 Å². The van der Waals surface area contributed by atoms with Gasteiger partial charge in [-0.15, -0.1) is 0 Å². The Morgan fingerprint density at radius 3 is 2.95 bits per heavy atom. The van der Waals surface area contributed by atoms with Crippen molar-refractivity contribution in [2.75, 3.05) is 0 Å². The molecule has 0 aliphatic rings. The molecule has 20 heavy (non-hydrogen) atoms. The average molecular weight is 262 g/mol. The van der Waals surface area contributed by atoms with Gasteiger partial charge < -0.3 is 9.13 Å². The Morgan fingerprint density at radius 2 is 2.00 bits per heavy atom. The van der Waals surface area contributed by atoms with Crippen LogP contribution >= 0.6 is 0 Å². The van der Waals surface area contributed by atoms with E-state index >= 15 is 0 Å². The highest BCUT2D eigenvalue weighted by atomic mass is 15.0. The van der Waals surface area contributed by atoms with Gasteiger partial charge in [-0.25, -0.2) is 0 Å². The molecule has 4 aromatic rings. The van der Waals surface area contributed by atoms with Crippen LogP contribution in [0, 0.1) is 0 Å². The molecule has 4 nitrogen and oxygen atoms in total. The highest BCUT2D eigenvalue weighted by molar-refractivity contribution is 5.81. The number of rotatable bonds is 2. The topological polar surface area (TPSA) is 35.6 Å². The number of aromatic nitrogens is 4. The molecule has 0 aromatic carbocycles. The van der Waals surface area contributed by atoms with E-state index in [1.807, 2.05) is 31.6 Å². The summed E-state index contributed by atoms with van der Waals surface area (Å²) in [6, 6.07) is 8.24. The van der Waals surface area contributed by atoms with E-state index in [0.29, 0.717) is 0 Å². The van der Waals surface area contributed by atoms with Crippen LogP contribution < -0.4 is 0 Å². The fourth-order valence-corrected chi connectivity index (χ4v) is 2.64. The number of hydrogen-bond donors (Lipinski definition) is 0. The Labute approximate surface area is 116 Å². The van der Waals surface area contributed by atoms with E-state index < -0.39 is 0 Å². The molecule has 0 amide bonds. The molecule has 0 spiro atoms. The summed E-state index contributed by atoms with van der Waals surface area (Å²) in [7, 11) is 2.03. The maximum atomic E-state index is 4.55. The van der Waals surface area contributed by atoms with Crippen LogP contribution in [-0.4, -0.2) is 19.1 Å². The molecule has 0 bridgehead atoms. The van der Waals surface area contributed by atoms with E-state index in [9.17, 15) is 0 Å². The lowest BCUT2D eigenvalue weighted by Gasteiger charge is -2.04. The zero-order valence-electron chi connectivity index (χ0n) is 11.2. The van der Waals surface area contributed by atoms with Crippen molar-refractivity contribution in [1.82, 2.24) is 19.1 Å². The lowest BCUT2D eigenvalue weighted by molar-refractivity contribution is 0.809. The van der Waals surface area contributed by atoms with E-state index in [0.717, 1.165) is 23.3 Å². The average Bonchev–Trinajstić information content (AvgIpc) is 3.02. The molecule has 98 valence electrons. The molecule has 0 N–H and O–H groups in total.